The predicted octanol–water partition coefficient (Wildman–Crippen LogP) is 3.05. The fourth-order valence-corrected chi connectivity index (χ4v) is 3.59. The van der Waals surface area contributed by atoms with Crippen LogP contribution in [0.15, 0.2) is 48.5 Å². The molecule has 2 aromatic rings. The van der Waals surface area contributed by atoms with Crippen molar-refractivity contribution >= 4 is 11.6 Å². The van der Waals surface area contributed by atoms with Gasteiger partial charge in [0.2, 0.25) is 0 Å². The third kappa shape index (κ3) is 5.21. The van der Waals surface area contributed by atoms with Crippen LogP contribution in [0.2, 0.25) is 0 Å². The number of benzene rings is 2. The number of methoxy groups -OCH3 is 1. The van der Waals surface area contributed by atoms with E-state index in [2.05, 4.69) is 34.9 Å². The van der Waals surface area contributed by atoms with Crippen LogP contribution in [0.25, 0.3) is 0 Å². The number of hydrogen-bond acceptors (Lipinski definition) is 5. The molecule has 29 heavy (non-hydrogen) atoms. The average molecular weight is 398 g/mol. The highest BCUT2D eigenvalue weighted by Gasteiger charge is 2.23. The summed E-state index contributed by atoms with van der Waals surface area (Å²) < 4.78 is 11.2. The first-order valence-corrected chi connectivity index (χ1v) is 10.0. The summed E-state index contributed by atoms with van der Waals surface area (Å²) in [4.78, 5) is 18.2. The quantitative estimate of drug-likeness (QED) is 0.719. The molecule has 0 saturated carbocycles. The standard InChI is InChI=1S/C23H31N3O3/c1-18(19-8-7-9-20(16-19)29-17-23(27)24(2)3)25-12-14-26(15-13-25)21-10-5-6-11-22(21)28-4/h5-11,16,18H,12-15,17H2,1-4H3/t18-/m1/s1. The number of nitrogens with zero attached hydrogens (tertiary/aromatic N) is 3. The SMILES string of the molecule is COc1ccccc1N1CCN([C@H](C)c2cccc(OCC(=O)N(C)C)c2)CC1. The van der Waals surface area contributed by atoms with Gasteiger partial charge in [-0.15, -0.1) is 0 Å². The topological polar surface area (TPSA) is 45.3 Å². The zero-order valence-corrected chi connectivity index (χ0v) is 17.8. The molecule has 1 aliphatic heterocycles. The van der Waals surface area contributed by atoms with Crippen molar-refractivity contribution in [1.29, 1.82) is 0 Å². The number of carbonyl (C=O) groups is 1. The van der Waals surface area contributed by atoms with Gasteiger partial charge >= 0.3 is 0 Å². The monoisotopic (exact) mass is 397 g/mol. The van der Waals surface area contributed by atoms with Crippen LogP contribution in [-0.4, -0.2) is 69.7 Å². The lowest BCUT2D eigenvalue weighted by atomic mass is 10.1. The van der Waals surface area contributed by atoms with E-state index in [0.29, 0.717) is 0 Å². The van der Waals surface area contributed by atoms with E-state index >= 15 is 0 Å². The second-order valence-corrected chi connectivity index (χ2v) is 7.52. The molecule has 0 aromatic heterocycles. The lowest BCUT2D eigenvalue weighted by Gasteiger charge is -2.39. The van der Waals surface area contributed by atoms with Gasteiger partial charge in [0, 0.05) is 46.3 Å². The van der Waals surface area contributed by atoms with E-state index in [0.717, 1.165) is 43.4 Å². The molecule has 1 saturated heterocycles. The fourth-order valence-electron chi connectivity index (χ4n) is 3.59. The zero-order chi connectivity index (χ0) is 20.8. The molecule has 1 aliphatic rings. The third-order valence-electron chi connectivity index (χ3n) is 5.49. The van der Waals surface area contributed by atoms with Gasteiger partial charge < -0.3 is 19.3 Å². The predicted molar refractivity (Wildman–Crippen MR) is 116 cm³/mol. The van der Waals surface area contributed by atoms with E-state index < -0.39 is 0 Å². The molecule has 0 spiro atoms. The van der Waals surface area contributed by atoms with Crippen LogP contribution in [0.4, 0.5) is 5.69 Å². The first-order chi connectivity index (χ1) is 14.0. The Kier molecular flexibility index (Phi) is 6.99. The zero-order valence-electron chi connectivity index (χ0n) is 17.8. The molecule has 0 bridgehead atoms. The molecule has 0 unspecified atom stereocenters. The van der Waals surface area contributed by atoms with Gasteiger partial charge in [0.05, 0.1) is 12.8 Å². The smallest absolute Gasteiger partial charge is 0.259 e. The minimum Gasteiger partial charge on any atom is -0.495 e. The van der Waals surface area contributed by atoms with Crippen LogP contribution in [-0.2, 0) is 4.79 Å². The van der Waals surface area contributed by atoms with Crippen molar-refractivity contribution in [2.75, 3.05) is 58.9 Å². The van der Waals surface area contributed by atoms with E-state index in [-0.39, 0.29) is 18.6 Å². The van der Waals surface area contributed by atoms with Crippen LogP contribution >= 0.6 is 0 Å². The molecular formula is C23H31N3O3. The van der Waals surface area contributed by atoms with Crippen molar-refractivity contribution in [2.24, 2.45) is 0 Å². The van der Waals surface area contributed by atoms with Crippen molar-refractivity contribution in [2.45, 2.75) is 13.0 Å². The van der Waals surface area contributed by atoms with Gasteiger partial charge in [-0.2, -0.15) is 0 Å². The highest BCUT2D eigenvalue weighted by atomic mass is 16.5. The van der Waals surface area contributed by atoms with Gasteiger partial charge in [0.15, 0.2) is 6.61 Å². The summed E-state index contributed by atoms with van der Waals surface area (Å²) in [5.74, 6) is 1.61. The van der Waals surface area contributed by atoms with Crippen LogP contribution in [0.5, 0.6) is 11.5 Å². The molecule has 6 heteroatoms. The van der Waals surface area contributed by atoms with Crippen molar-refractivity contribution in [3.05, 3.63) is 54.1 Å². The summed E-state index contributed by atoms with van der Waals surface area (Å²) in [5, 5.41) is 0. The highest BCUT2D eigenvalue weighted by molar-refractivity contribution is 5.77. The number of ether oxygens (including phenoxy) is 2. The Bertz CT molecular complexity index is 817. The van der Waals surface area contributed by atoms with Crippen LogP contribution in [0.3, 0.4) is 0 Å². The molecule has 1 fully saturated rings. The molecule has 3 rings (SSSR count). The summed E-state index contributed by atoms with van der Waals surface area (Å²) in [7, 11) is 5.18. The van der Waals surface area contributed by atoms with E-state index in [1.165, 1.54) is 10.5 Å². The first-order valence-electron chi connectivity index (χ1n) is 10.0. The van der Waals surface area contributed by atoms with E-state index in [1.54, 1.807) is 21.2 Å². The largest absolute Gasteiger partial charge is 0.495 e. The van der Waals surface area contributed by atoms with E-state index in [9.17, 15) is 4.79 Å². The van der Waals surface area contributed by atoms with Gasteiger partial charge in [-0.05, 0) is 36.8 Å². The molecule has 6 nitrogen and oxygen atoms in total. The van der Waals surface area contributed by atoms with E-state index in [4.69, 9.17) is 9.47 Å². The Hall–Kier alpha value is -2.73. The molecule has 0 aliphatic carbocycles. The van der Waals surface area contributed by atoms with Gasteiger partial charge in [0.1, 0.15) is 11.5 Å². The summed E-state index contributed by atoms with van der Waals surface area (Å²) in [5.41, 5.74) is 2.36. The first kappa shape index (κ1) is 21.0. The maximum atomic E-state index is 11.8. The molecule has 156 valence electrons. The number of likely N-dealkylation sites (N-methyl/N-ethyl adjacent to an activating group) is 1. The Morgan fingerprint density at radius 3 is 2.48 bits per heavy atom. The number of piperazine rings is 1. The lowest BCUT2D eigenvalue weighted by molar-refractivity contribution is -0.130. The Labute approximate surface area is 173 Å². The molecule has 1 atom stereocenters. The summed E-state index contributed by atoms with van der Waals surface area (Å²) in [6, 6.07) is 16.5. The molecule has 0 N–H and O–H groups in total. The highest BCUT2D eigenvalue weighted by Crippen LogP contribution is 2.30. The van der Waals surface area contributed by atoms with Crippen LogP contribution < -0.4 is 14.4 Å². The molecule has 0 radical (unpaired) electrons. The number of hydrogen-bond donors (Lipinski definition) is 0. The van der Waals surface area contributed by atoms with E-state index in [1.807, 2.05) is 30.3 Å². The number of anilines is 1. The summed E-state index contributed by atoms with van der Waals surface area (Å²) in [6.45, 7) is 6.15. The van der Waals surface area contributed by atoms with Gasteiger partial charge in [-0.25, -0.2) is 0 Å². The maximum absolute atomic E-state index is 11.8. The molecular weight excluding hydrogens is 366 g/mol. The minimum atomic E-state index is -0.0455. The Balaban J connectivity index is 1.60. The lowest BCUT2D eigenvalue weighted by Crippen LogP contribution is -2.47. The van der Waals surface area contributed by atoms with Gasteiger partial charge in [-0.3, -0.25) is 9.69 Å². The number of amides is 1. The van der Waals surface area contributed by atoms with Crippen molar-refractivity contribution in [1.82, 2.24) is 9.80 Å². The van der Waals surface area contributed by atoms with Crippen molar-refractivity contribution < 1.29 is 14.3 Å². The second-order valence-electron chi connectivity index (χ2n) is 7.52. The van der Waals surface area contributed by atoms with Gasteiger partial charge in [-0.1, -0.05) is 24.3 Å². The van der Waals surface area contributed by atoms with Crippen molar-refractivity contribution in [3.63, 3.8) is 0 Å². The summed E-state index contributed by atoms with van der Waals surface area (Å²) in [6.07, 6.45) is 0. The number of para-hydroxylation sites is 2. The van der Waals surface area contributed by atoms with Crippen molar-refractivity contribution in [3.8, 4) is 11.5 Å². The van der Waals surface area contributed by atoms with Crippen LogP contribution in [0.1, 0.15) is 18.5 Å². The number of rotatable bonds is 7. The second kappa shape index (κ2) is 9.65. The summed E-state index contributed by atoms with van der Waals surface area (Å²) >= 11 is 0. The Morgan fingerprint density at radius 2 is 1.79 bits per heavy atom. The molecule has 2 aromatic carbocycles. The minimum absolute atomic E-state index is 0.0455. The molecule has 1 amide bonds. The average Bonchev–Trinajstić information content (AvgIpc) is 2.77. The maximum Gasteiger partial charge on any atom is 0.259 e. The Morgan fingerprint density at radius 1 is 1.07 bits per heavy atom. The van der Waals surface area contributed by atoms with Gasteiger partial charge in [0.25, 0.3) is 5.91 Å². The number of carbonyl (C=O) groups excluding carboxylic acids is 1. The van der Waals surface area contributed by atoms with Crippen LogP contribution in [0, 0.1) is 0 Å². The fraction of sp³-hybridized carbons (Fsp3) is 0.435. The third-order valence-corrected chi connectivity index (χ3v) is 5.49. The molecule has 1 heterocycles. The normalized spacial score (nSPS) is 15.7.